The van der Waals surface area contributed by atoms with Gasteiger partial charge in [0.25, 0.3) is 0 Å². The van der Waals surface area contributed by atoms with Crippen LogP contribution in [0.5, 0.6) is 0 Å². The molecule has 0 amide bonds. The van der Waals surface area contributed by atoms with Crippen molar-refractivity contribution in [2.45, 2.75) is 11.4 Å². The molecule has 0 aliphatic carbocycles. The van der Waals surface area contributed by atoms with Crippen molar-refractivity contribution in [1.29, 1.82) is 0 Å². The molecule has 0 aliphatic rings. The fourth-order valence-electron chi connectivity index (χ4n) is 2.26. The Morgan fingerprint density at radius 2 is 1.86 bits per heavy atom. The lowest BCUT2D eigenvalue weighted by molar-refractivity contribution is 0.0596. The second-order valence-electron chi connectivity index (χ2n) is 5.76. The molecule has 1 aromatic heterocycles. The normalized spacial score (nSPS) is 9.72. The van der Waals surface area contributed by atoms with Crippen LogP contribution in [0.15, 0.2) is 78.0 Å². The molecule has 0 saturated heterocycles. The average molecular weight is 410 g/mol. The van der Waals surface area contributed by atoms with Crippen molar-refractivity contribution in [3.05, 3.63) is 89.7 Å². The van der Waals surface area contributed by atoms with E-state index >= 15 is 0 Å². The largest absolute Gasteiger partial charge is 0.465 e. The van der Waals surface area contributed by atoms with E-state index in [-0.39, 0.29) is 5.97 Å². The summed E-state index contributed by atoms with van der Waals surface area (Å²) < 4.78 is 7.95. The minimum Gasteiger partial charge on any atom is -0.465 e. The Labute approximate surface area is 174 Å². The number of hydrogen-bond donors (Lipinski definition) is 2. The lowest BCUT2D eigenvalue weighted by Gasteiger charge is -2.08. The number of aromatic nitrogens is 1. The number of hydrogen-bond acceptors (Lipinski definition) is 7. The molecule has 0 aliphatic heterocycles. The highest BCUT2D eigenvalue weighted by Crippen LogP contribution is 2.21. The Balaban J connectivity index is 0.000000313. The molecule has 3 aromatic rings. The van der Waals surface area contributed by atoms with Crippen molar-refractivity contribution < 1.29 is 14.3 Å². The molecule has 2 N–H and O–H groups in total. The summed E-state index contributed by atoms with van der Waals surface area (Å²) in [6.07, 6.45) is 4.35. The molecule has 0 atom stereocenters. The first-order valence-electron chi connectivity index (χ1n) is 8.87. The quantitative estimate of drug-likeness (QED) is 0.344. The summed E-state index contributed by atoms with van der Waals surface area (Å²) in [5, 5.41) is 2.96. The number of ether oxygens (including phenoxy) is 1. The van der Waals surface area contributed by atoms with Gasteiger partial charge in [-0.3, -0.25) is 14.5 Å². The van der Waals surface area contributed by atoms with Gasteiger partial charge in [-0.2, -0.15) is 0 Å². The van der Waals surface area contributed by atoms with Crippen LogP contribution in [0.1, 0.15) is 26.3 Å². The van der Waals surface area contributed by atoms with E-state index < -0.39 is 0 Å². The van der Waals surface area contributed by atoms with E-state index in [1.54, 1.807) is 36.7 Å². The maximum absolute atomic E-state index is 11.6. The van der Waals surface area contributed by atoms with Gasteiger partial charge in [-0.15, -0.1) is 0 Å². The lowest BCUT2D eigenvalue weighted by Crippen LogP contribution is -2.07. The number of rotatable bonds is 7. The highest BCUT2D eigenvalue weighted by molar-refractivity contribution is 7.97. The van der Waals surface area contributed by atoms with Gasteiger partial charge in [0.05, 0.1) is 18.4 Å². The van der Waals surface area contributed by atoms with E-state index in [0.717, 1.165) is 22.4 Å². The summed E-state index contributed by atoms with van der Waals surface area (Å²) in [5.41, 5.74) is 3.30. The Hall–Kier alpha value is -3.16. The number of pyridine rings is 1. The number of esters is 1. The number of carbonyl (C=O) groups excluding carboxylic acids is 2. The van der Waals surface area contributed by atoms with Gasteiger partial charge in [-0.05, 0) is 41.8 Å². The van der Waals surface area contributed by atoms with E-state index in [2.05, 4.69) is 15.0 Å². The van der Waals surface area contributed by atoms with E-state index in [4.69, 9.17) is 4.74 Å². The molecular weight excluding hydrogens is 386 g/mol. The van der Waals surface area contributed by atoms with Crippen LogP contribution in [-0.4, -0.2) is 31.4 Å². The van der Waals surface area contributed by atoms with Gasteiger partial charge in [0.1, 0.15) is 6.29 Å². The molecule has 0 unspecified atom stereocenters. The summed E-state index contributed by atoms with van der Waals surface area (Å²) >= 11 is 1.38. The van der Waals surface area contributed by atoms with Crippen molar-refractivity contribution >= 4 is 29.9 Å². The first-order valence-corrected chi connectivity index (χ1v) is 9.68. The zero-order chi connectivity index (χ0) is 20.9. The average Bonchev–Trinajstić information content (AvgIpc) is 2.80. The van der Waals surface area contributed by atoms with Gasteiger partial charge in [-0.1, -0.05) is 36.4 Å². The third-order valence-corrected chi connectivity index (χ3v) is 4.68. The second-order valence-corrected chi connectivity index (χ2v) is 6.69. The predicted octanol–water partition coefficient (Wildman–Crippen LogP) is 4.21. The number of benzene rings is 2. The number of carbonyl (C=O) groups is 2. The van der Waals surface area contributed by atoms with Crippen LogP contribution < -0.4 is 10.0 Å². The number of methoxy groups -OCH3 is 1. The highest BCUT2D eigenvalue weighted by Gasteiger charge is 2.11. The van der Waals surface area contributed by atoms with E-state index in [1.807, 2.05) is 43.4 Å². The van der Waals surface area contributed by atoms with Gasteiger partial charge in [0, 0.05) is 36.4 Å². The topological polar surface area (TPSA) is 80.3 Å². The van der Waals surface area contributed by atoms with Crippen molar-refractivity contribution in [1.82, 2.24) is 9.71 Å². The third-order valence-electron chi connectivity index (χ3n) is 3.82. The van der Waals surface area contributed by atoms with Crippen LogP contribution in [-0.2, 0) is 11.3 Å². The molecule has 6 nitrogen and oxygen atoms in total. The van der Waals surface area contributed by atoms with Crippen LogP contribution >= 0.6 is 11.9 Å². The number of nitrogens with zero attached hydrogens (tertiary/aromatic N) is 1. The van der Waals surface area contributed by atoms with Crippen molar-refractivity contribution in [3.8, 4) is 0 Å². The molecule has 2 aromatic carbocycles. The van der Waals surface area contributed by atoms with Crippen LogP contribution in [0, 0.1) is 0 Å². The van der Waals surface area contributed by atoms with Gasteiger partial charge in [0.2, 0.25) is 0 Å². The van der Waals surface area contributed by atoms with Crippen LogP contribution in [0.4, 0.5) is 5.69 Å². The molecule has 0 fully saturated rings. The van der Waals surface area contributed by atoms with E-state index in [0.29, 0.717) is 17.7 Å². The SMILES string of the molecule is CNc1cccnc1.COC(=O)c1ccccc1SNCc1ccc(C=O)cc1. The second kappa shape index (κ2) is 12.3. The van der Waals surface area contributed by atoms with Crippen LogP contribution in [0.3, 0.4) is 0 Å². The first-order chi connectivity index (χ1) is 14.2. The molecule has 150 valence electrons. The fraction of sp³-hybridized carbons (Fsp3) is 0.136. The number of aldehydes is 1. The summed E-state index contributed by atoms with van der Waals surface area (Å²) in [4.78, 5) is 26.9. The van der Waals surface area contributed by atoms with Crippen molar-refractivity contribution in [2.75, 3.05) is 19.5 Å². The minimum atomic E-state index is -0.352. The lowest BCUT2D eigenvalue weighted by atomic mass is 10.1. The molecule has 0 bridgehead atoms. The summed E-state index contributed by atoms with van der Waals surface area (Å²) in [7, 11) is 3.24. The first kappa shape index (κ1) is 22.1. The van der Waals surface area contributed by atoms with Crippen LogP contribution in [0.25, 0.3) is 0 Å². The molecule has 29 heavy (non-hydrogen) atoms. The fourth-order valence-corrected chi connectivity index (χ4v) is 3.06. The van der Waals surface area contributed by atoms with Crippen LogP contribution in [0.2, 0.25) is 0 Å². The van der Waals surface area contributed by atoms with Crippen molar-refractivity contribution in [3.63, 3.8) is 0 Å². The maximum atomic E-state index is 11.6. The zero-order valence-electron chi connectivity index (χ0n) is 16.3. The molecule has 7 heteroatoms. The predicted molar refractivity (Wildman–Crippen MR) is 116 cm³/mol. The highest BCUT2D eigenvalue weighted by atomic mass is 32.2. The van der Waals surface area contributed by atoms with Gasteiger partial charge >= 0.3 is 5.97 Å². The Kier molecular flexibility index (Phi) is 9.41. The molecule has 0 saturated carbocycles. The Morgan fingerprint density at radius 3 is 2.45 bits per heavy atom. The summed E-state index contributed by atoms with van der Waals surface area (Å²) in [6, 6.07) is 18.5. The molecule has 0 spiro atoms. The molecule has 3 rings (SSSR count). The number of nitrogens with one attached hydrogen (secondary N) is 2. The van der Waals surface area contributed by atoms with Gasteiger partial charge in [0.15, 0.2) is 0 Å². The Bertz CT molecular complexity index is 903. The number of anilines is 1. The standard InChI is InChI=1S/C16H15NO3S.C6H8N2/c1-20-16(19)14-4-2-3-5-15(14)21-17-10-12-6-8-13(11-18)9-7-12;1-7-6-3-2-4-8-5-6/h2-9,11,17H,10H2,1H3;2-5,7H,1H3. The summed E-state index contributed by atoms with van der Waals surface area (Å²) in [6.45, 7) is 0.624. The summed E-state index contributed by atoms with van der Waals surface area (Å²) in [5.74, 6) is -0.352. The monoisotopic (exact) mass is 409 g/mol. The zero-order valence-corrected chi connectivity index (χ0v) is 17.1. The van der Waals surface area contributed by atoms with Gasteiger partial charge in [-0.25, -0.2) is 4.79 Å². The Morgan fingerprint density at radius 1 is 1.10 bits per heavy atom. The van der Waals surface area contributed by atoms with E-state index in [9.17, 15) is 9.59 Å². The maximum Gasteiger partial charge on any atom is 0.339 e. The molecular formula is C22H23N3O3S. The smallest absolute Gasteiger partial charge is 0.339 e. The minimum absolute atomic E-state index is 0.352. The molecule has 0 radical (unpaired) electrons. The van der Waals surface area contributed by atoms with Crippen molar-refractivity contribution in [2.24, 2.45) is 0 Å². The molecule has 1 heterocycles. The van der Waals surface area contributed by atoms with E-state index in [1.165, 1.54) is 19.1 Å². The van der Waals surface area contributed by atoms with Gasteiger partial charge < -0.3 is 10.1 Å². The third kappa shape index (κ3) is 7.40.